The third-order valence-electron chi connectivity index (χ3n) is 4.05. The average molecular weight is 268 g/mol. The summed E-state index contributed by atoms with van der Waals surface area (Å²) in [6, 6.07) is 0. The van der Waals surface area contributed by atoms with Crippen LogP contribution in [-0.4, -0.2) is 41.8 Å². The average Bonchev–Trinajstić information content (AvgIpc) is 3.08. The maximum absolute atomic E-state index is 12.4. The van der Waals surface area contributed by atoms with Gasteiger partial charge in [0.2, 0.25) is 5.91 Å². The van der Waals surface area contributed by atoms with E-state index in [9.17, 15) is 4.79 Å². The molecular formula is C15H28N2O2. The van der Waals surface area contributed by atoms with Crippen LogP contribution in [0.4, 0.5) is 0 Å². The number of rotatable bonds is 8. The van der Waals surface area contributed by atoms with Crippen LogP contribution in [0.1, 0.15) is 59.3 Å². The van der Waals surface area contributed by atoms with Crippen LogP contribution in [0.2, 0.25) is 0 Å². The summed E-state index contributed by atoms with van der Waals surface area (Å²) in [5.41, 5.74) is -0.158. The summed E-state index contributed by atoms with van der Waals surface area (Å²) in [6.07, 6.45) is 6.88. The number of hydrogen-bond acceptors (Lipinski definition) is 3. The minimum absolute atomic E-state index is 0.158. The van der Waals surface area contributed by atoms with Gasteiger partial charge in [0.1, 0.15) is 0 Å². The van der Waals surface area contributed by atoms with Crippen molar-refractivity contribution in [3.8, 4) is 0 Å². The van der Waals surface area contributed by atoms with Crippen molar-refractivity contribution in [1.29, 1.82) is 0 Å². The first-order valence-electron chi connectivity index (χ1n) is 7.79. The van der Waals surface area contributed by atoms with E-state index in [0.717, 1.165) is 51.7 Å². The molecule has 0 radical (unpaired) electrons. The molecule has 110 valence electrons. The molecule has 4 nitrogen and oxygen atoms in total. The Hall–Kier alpha value is -0.610. The predicted octanol–water partition coefficient (Wildman–Crippen LogP) is 2.28. The molecule has 1 atom stereocenters. The molecule has 1 saturated carbocycles. The van der Waals surface area contributed by atoms with Crippen LogP contribution in [0.3, 0.4) is 0 Å². The van der Waals surface area contributed by atoms with Gasteiger partial charge in [0.05, 0.1) is 17.8 Å². The van der Waals surface area contributed by atoms with Crippen LogP contribution in [0.15, 0.2) is 0 Å². The number of ether oxygens (including phenoxy) is 1. The van der Waals surface area contributed by atoms with E-state index in [1.807, 2.05) is 0 Å². The van der Waals surface area contributed by atoms with Gasteiger partial charge in [0.25, 0.3) is 0 Å². The van der Waals surface area contributed by atoms with Crippen LogP contribution in [0, 0.1) is 0 Å². The van der Waals surface area contributed by atoms with Gasteiger partial charge in [0.15, 0.2) is 0 Å². The van der Waals surface area contributed by atoms with Gasteiger partial charge in [-0.05, 0) is 46.0 Å². The Morgan fingerprint density at radius 3 is 2.74 bits per heavy atom. The quantitative estimate of drug-likeness (QED) is 0.687. The maximum atomic E-state index is 12.4. The highest BCUT2D eigenvalue weighted by atomic mass is 16.5. The van der Waals surface area contributed by atoms with Gasteiger partial charge in [-0.15, -0.1) is 0 Å². The van der Waals surface area contributed by atoms with Crippen LogP contribution in [0.5, 0.6) is 0 Å². The van der Waals surface area contributed by atoms with E-state index in [1.165, 1.54) is 0 Å². The summed E-state index contributed by atoms with van der Waals surface area (Å²) < 4.78 is 5.54. The normalized spacial score (nSPS) is 24.7. The Morgan fingerprint density at radius 2 is 2.16 bits per heavy atom. The van der Waals surface area contributed by atoms with Crippen LogP contribution in [-0.2, 0) is 9.53 Å². The lowest BCUT2D eigenvalue weighted by molar-refractivity contribution is -0.131. The number of hydrogen-bond donors (Lipinski definition) is 1. The summed E-state index contributed by atoms with van der Waals surface area (Å²) >= 11 is 0. The number of nitrogens with zero attached hydrogens (tertiary/aromatic N) is 1. The SMILES string of the molecule is CCCC1NC2(CC2)C(=O)N1CCCCOC(C)C. The molecule has 0 aromatic rings. The van der Waals surface area contributed by atoms with E-state index in [4.69, 9.17) is 4.74 Å². The van der Waals surface area contributed by atoms with Gasteiger partial charge >= 0.3 is 0 Å². The zero-order valence-electron chi connectivity index (χ0n) is 12.6. The van der Waals surface area contributed by atoms with Crippen molar-refractivity contribution in [1.82, 2.24) is 10.2 Å². The molecule has 2 rings (SSSR count). The summed E-state index contributed by atoms with van der Waals surface area (Å²) in [5.74, 6) is 0.343. The minimum atomic E-state index is -0.158. The Morgan fingerprint density at radius 1 is 1.42 bits per heavy atom. The Balaban J connectivity index is 1.75. The van der Waals surface area contributed by atoms with Crippen molar-refractivity contribution in [3.05, 3.63) is 0 Å². The number of carbonyl (C=O) groups excluding carboxylic acids is 1. The minimum Gasteiger partial charge on any atom is -0.379 e. The highest BCUT2D eigenvalue weighted by Gasteiger charge is 2.58. The fourth-order valence-corrected chi connectivity index (χ4v) is 2.82. The van der Waals surface area contributed by atoms with Gasteiger partial charge in [-0.2, -0.15) is 0 Å². The number of carbonyl (C=O) groups is 1. The molecule has 1 spiro atoms. The smallest absolute Gasteiger partial charge is 0.244 e. The highest BCUT2D eigenvalue weighted by molar-refractivity contribution is 5.91. The Labute approximate surface area is 116 Å². The number of nitrogens with one attached hydrogen (secondary N) is 1. The third-order valence-corrected chi connectivity index (χ3v) is 4.05. The molecule has 1 N–H and O–H groups in total. The molecule has 1 amide bonds. The summed E-state index contributed by atoms with van der Waals surface area (Å²) in [4.78, 5) is 14.5. The molecule has 1 saturated heterocycles. The largest absolute Gasteiger partial charge is 0.379 e. The summed E-state index contributed by atoms with van der Waals surface area (Å²) in [7, 11) is 0. The molecule has 1 heterocycles. The Kier molecular flexibility index (Phi) is 4.85. The Bertz CT molecular complexity index is 313. The number of unbranched alkanes of at least 4 members (excludes halogenated alkanes) is 1. The fraction of sp³-hybridized carbons (Fsp3) is 0.933. The van der Waals surface area contributed by atoms with Gasteiger partial charge in [-0.25, -0.2) is 0 Å². The molecule has 4 heteroatoms. The molecule has 1 aliphatic heterocycles. The summed E-state index contributed by atoms with van der Waals surface area (Å²) in [5, 5.41) is 3.55. The van der Waals surface area contributed by atoms with E-state index in [-0.39, 0.29) is 11.7 Å². The van der Waals surface area contributed by atoms with E-state index in [2.05, 4.69) is 31.0 Å². The second kappa shape index (κ2) is 6.23. The monoisotopic (exact) mass is 268 g/mol. The van der Waals surface area contributed by atoms with Crippen LogP contribution in [0.25, 0.3) is 0 Å². The van der Waals surface area contributed by atoms with Crippen molar-refractivity contribution < 1.29 is 9.53 Å². The van der Waals surface area contributed by atoms with Crippen molar-refractivity contribution >= 4 is 5.91 Å². The van der Waals surface area contributed by atoms with Gasteiger partial charge < -0.3 is 9.64 Å². The zero-order chi connectivity index (χ0) is 13.9. The van der Waals surface area contributed by atoms with Crippen molar-refractivity contribution in [2.75, 3.05) is 13.2 Å². The predicted molar refractivity (Wildman–Crippen MR) is 75.8 cm³/mol. The van der Waals surface area contributed by atoms with Crippen molar-refractivity contribution in [3.63, 3.8) is 0 Å². The summed E-state index contributed by atoms with van der Waals surface area (Å²) in [6.45, 7) is 7.97. The molecule has 2 fully saturated rings. The van der Waals surface area contributed by atoms with Crippen molar-refractivity contribution in [2.24, 2.45) is 0 Å². The molecular weight excluding hydrogens is 240 g/mol. The van der Waals surface area contributed by atoms with E-state index in [1.54, 1.807) is 0 Å². The standard InChI is InChI=1S/C15H28N2O2/c1-4-7-13-16-15(8-9-15)14(18)17(13)10-5-6-11-19-12(2)3/h12-13,16H,4-11H2,1-3H3. The van der Waals surface area contributed by atoms with Crippen LogP contribution >= 0.6 is 0 Å². The molecule has 19 heavy (non-hydrogen) atoms. The second-order valence-corrected chi connectivity index (χ2v) is 6.16. The lowest BCUT2D eigenvalue weighted by Gasteiger charge is -2.23. The zero-order valence-corrected chi connectivity index (χ0v) is 12.6. The lowest BCUT2D eigenvalue weighted by atomic mass is 10.2. The third kappa shape index (κ3) is 3.48. The highest BCUT2D eigenvalue weighted by Crippen LogP contribution is 2.42. The van der Waals surface area contributed by atoms with E-state index >= 15 is 0 Å². The molecule has 1 unspecified atom stereocenters. The van der Waals surface area contributed by atoms with Gasteiger partial charge in [-0.1, -0.05) is 13.3 Å². The van der Waals surface area contributed by atoms with Gasteiger partial charge in [0, 0.05) is 13.2 Å². The fourth-order valence-electron chi connectivity index (χ4n) is 2.82. The second-order valence-electron chi connectivity index (χ2n) is 6.16. The first kappa shape index (κ1) is 14.8. The van der Waals surface area contributed by atoms with Crippen molar-refractivity contribution in [2.45, 2.75) is 77.1 Å². The number of amides is 1. The molecule has 0 aromatic carbocycles. The van der Waals surface area contributed by atoms with Gasteiger partial charge in [-0.3, -0.25) is 10.1 Å². The van der Waals surface area contributed by atoms with E-state index < -0.39 is 0 Å². The topological polar surface area (TPSA) is 41.6 Å². The van der Waals surface area contributed by atoms with Crippen LogP contribution < -0.4 is 5.32 Å². The molecule has 0 bridgehead atoms. The van der Waals surface area contributed by atoms with E-state index in [0.29, 0.717) is 12.0 Å². The lowest BCUT2D eigenvalue weighted by Crippen LogP contribution is -2.38. The molecule has 2 aliphatic rings. The molecule has 1 aliphatic carbocycles. The maximum Gasteiger partial charge on any atom is 0.244 e. The molecule has 0 aromatic heterocycles. The first-order chi connectivity index (χ1) is 9.09. The first-order valence-corrected chi connectivity index (χ1v) is 7.79.